The Morgan fingerprint density at radius 2 is 1.45 bits per heavy atom. The zero-order valence-corrected chi connectivity index (χ0v) is 15.7. The predicted octanol–water partition coefficient (Wildman–Crippen LogP) is 5.51. The van der Waals surface area contributed by atoms with Crippen LogP contribution in [-0.4, -0.2) is 24.8 Å². The van der Waals surface area contributed by atoms with Gasteiger partial charge in [0.25, 0.3) is 0 Å². The maximum atomic E-state index is 12.5. The van der Waals surface area contributed by atoms with Crippen LogP contribution in [0.15, 0.2) is 0 Å². The number of unbranched alkanes of at least 4 members (excludes halogenated alkanes) is 5. The Morgan fingerprint density at radius 3 is 1.95 bits per heavy atom. The molecule has 2 atom stereocenters. The lowest BCUT2D eigenvalue weighted by molar-refractivity contribution is -0.165. The monoisotopic (exact) mass is 314 g/mol. The summed E-state index contributed by atoms with van der Waals surface area (Å²) in [6.45, 7) is 10.2. The van der Waals surface area contributed by atoms with Crippen LogP contribution in [0.3, 0.4) is 0 Å². The van der Waals surface area contributed by atoms with Gasteiger partial charge in [-0.3, -0.25) is 4.79 Å². The summed E-state index contributed by atoms with van der Waals surface area (Å²) < 4.78 is 11.3. The number of hydrogen-bond acceptors (Lipinski definition) is 3. The number of carbonyl (C=O) groups excluding carboxylic acids is 1. The first kappa shape index (κ1) is 21.4. The SMILES string of the molecule is CCCCCC[C@@H](OC)[C@@H](CCCCC)C(=O)OC(C)(C)C. The van der Waals surface area contributed by atoms with Crippen molar-refractivity contribution in [3.63, 3.8) is 0 Å². The molecule has 3 heteroatoms. The Labute approximate surface area is 138 Å². The molecule has 0 rings (SSSR count). The summed E-state index contributed by atoms with van der Waals surface area (Å²) in [5, 5.41) is 0. The van der Waals surface area contributed by atoms with E-state index in [2.05, 4.69) is 13.8 Å². The number of esters is 1. The molecule has 0 aliphatic rings. The number of carbonyl (C=O) groups is 1. The highest BCUT2D eigenvalue weighted by Gasteiger charge is 2.31. The molecule has 0 N–H and O–H groups in total. The molecule has 0 saturated heterocycles. The summed E-state index contributed by atoms with van der Waals surface area (Å²) in [6, 6.07) is 0. The van der Waals surface area contributed by atoms with Crippen molar-refractivity contribution in [3.8, 4) is 0 Å². The predicted molar refractivity (Wildman–Crippen MR) is 93.0 cm³/mol. The van der Waals surface area contributed by atoms with Crippen molar-refractivity contribution in [2.75, 3.05) is 7.11 Å². The lowest BCUT2D eigenvalue weighted by Gasteiger charge is -2.28. The molecule has 0 saturated carbocycles. The fourth-order valence-electron chi connectivity index (χ4n) is 2.70. The van der Waals surface area contributed by atoms with Gasteiger partial charge in [0.05, 0.1) is 12.0 Å². The highest BCUT2D eigenvalue weighted by molar-refractivity contribution is 5.73. The quantitative estimate of drug-likeness (QED) is 0.352. The molecule has 22 heavy (non-hydrogen) atoms. The minimum Gasteiger partial charge on any atom is -0.460 e. The Hall–Kier alpha value is -0.570. The van der Waals surface area contributed by atoms with E-state index in [1.165, 1.54) is 19.3 Å². The van der Waals surface area contributed by atoms with Crippen LogP contribution in [0, 0.1) is 5.92 Å². The molecule has 0 aromatic rings. The van der Waals surface area contributed by atoms with Gasteiger partial charge in [-0.1, -0.05) is 58.8 Å². The minimum atomic E-state index is -0.430. The molecule has 0 radical (unpaired) electrons. The summed E-state index contributed by atoms with van der Waals surface area (Å²) in [5.41, 5.74) is -0.430. The van der Waals surface area contributed by atoms with E-state index in [1.54, 1.807) is 7.11 Å². The molecular formula is C19H38O3. The molecule has 0 spiro atoms. The smallest absolute Gasteiger partial charge is 0.312 e. The summed E-state index contributed by atoms with van der Waals surface area (Å²) in [5.74, 6) is -0.219. The van der Waals surface area contributed by atoms with Crippen molar-refractivity contribution in [3.05, 3.63) is 0 Å². The van der Waals surface area contributed by atoms with E-state index in [1.807, 2.05) is 20.8 Å². The van der Waals surface area contributed by atoms with Gasteiger partial charge in [-0.2, -0.15) is 0 Å². The van der Waals surface area contributed by atoms with Crippen LogP contribution < -0.4 is 0 Å². The molecular weight excluding hydrogens is 276 g/mol. The average Bonchev–Trinajstić information content (AvgIpc) is 2.43. The van der Waals surface area contributed by atoms with E-state index in [9.17, 15) is 4.79 Å². The van der Waals surface area contributed by atoms with E-state index >= 15 is 0 Å². The molecule has 0 fully saturated rings. The molecule has 132 valence electrons. The van der Waals surface area contributed by atoms with Crippen LogP contribution in [0.5, 0.6) is 0 Å². The van der Waals surface area contributed by atoms with Gasteiger partial charge >= 0.3 is 5.97 Å². The number of hydrogen-bond donors (Lipinski definition) is 0. The summed E-state index contributed by atoms with van der Waals surface area (Å²) in [4.78, 5) is 12.5. The van der Waals surface area contributed by atoms with Crippen LogP contribution in [-0.2, 0) is 14.3 Å². The molecule has 0 aromatic heterocycles. The molecule has 0 bridgehead atoms. The Morgan fingerprint density at radius 1 is 0.909 bits per heavy atom. The van der Waals surface area contributed by atoms with Gasteiger partial charge in [-0.15, -0.1) is 0 Å². The van der Waals surface area contributed by atoms with Crippen LogP contribution in [0.4, 0.5) is 0 Å². The van der Waals surface area contributed by atoms with Crippen molar-refractivity contribution in [2.45, 2.75) is 104 Å². The second-order valence-corrected chi connectivity index (χ2v) is 7.26. The van der Waals surface area contributed by atoms with Crippen LogP contribution in [0.25, 0.3) is 0 Å². The van der Waals surface area contributed by atoms with Gasteiger partial charge in [0.15, 0.2) is 0 Å². The van der Waals surface area contributed by atoms with Crippen LogP contribution >= 0.6 is 0 Å². The van der Waals surface area contributed by atoms with Crippen molar-refractivity contribution >= 4 is 5.97 Å². The van der Waals surface area contributed by atoms with Crippen LogP contribution in [0.1, 0.15) is 92.4 Å². The second-order valence-electron chi connectivity index (χ2n) is 7.26. The molecule has 0 aliphatic carbocycles. The summed E-state index contributed by atoms with van der Waals surface area (Å²) in [7, 11) is 1.72. The van der Waals surface area contributed by atoms with Crippen molar-refractivity contribution in [1.82, 2.24) is 0 Å². The minimum absolute atomic E-state index is 0.0106. The third kappa shape index (κ3) is 10.2. The molecule has 0 unspecified atom stereocenters. The van der Waals surface area contributed by atoms with Crippen molar-refractivity contribution in [1.29, 1.82) is 0 Å². The van der Waals surface area contributed by atoms with Gasteiger partial charge in [-0.05, 0) is 33.6 Å². The third-order valence-electron chi connectivity index (χ3n) is 3.92. The fraction of sp³-hybridized carbons (Fsp3) is 0.947. The topological polar surface area (TPSA) is 35.5 Å². The number of ether oxygens (including phenoxy) is 2. The Bertz CT molecular complexity index is 281. The molecule has 0 aliphatic heterocycles. The summed E-state index contributed by atoms with van der Waals surface area (Å²) >= 11 is 0. The fourth-order valence-corrected chi connectivity index (χ4v) is 2.70. The van der Waals surface area contributed by atoms with Gasteiger partial charge in [0.2, 0.25) is 0 Å². The Kier molecular flexibility index (Phi) is 11.6. The van der Waals surface area contributed by atoms with E-state index in [-0.39, 0.29) is 18.0 Å². The van der Waals surface area contributed by atoms with Crippen molar-refractivity contribution < 1.29 is 14.3 Å². The largest absolute Gasteiger partial charge is 0.460 e. The zero-order chi connectivity index (χ0) is 17.0. The lowest BCUT2D eigenvalue weighted by Crippen LogP contribution is -2.36. The average molecular weight is 315 g/mol. The third-order valence-corrected chi connectivity index (χ3v) is 3.92. The standard InChI is InChI=1S/C19H38O3/c1-7-9-11-13-15-17(21-6)16(14-12-10-8-2)18(20)22-19(3,4)5/h16-17H,7-15H2,1-6H3/t16-,17-/m1/s1. The van der Waals surface area contributed by atoms with E-state index in [4.69, 9.17) is 9.47 Å². The zero-order valence-electron chi connectivity index (χ0n) is 15.7. The van der Waals surface area contributed by atoms with Crippen LogP contribution in [0.2, 0.25) is 0 Å². The number of methoxy groups -OCH3 is 1. The van der Waals surface area contributed by atoms with Gasteiger partial charge in [0, 0.05) is 7.11 Å². The lowest BCUT2D eigenvalue weighted by atomic mass is 9.91. The van der Waals surface area contributed by atoms with Gasteiger partial charge in [0.1, 0.15) is 5.60 Å². The first-order valence-electron chi connectivity index (χ1n) is 9.11. The molecule has 0 amide bonds. The molecule has 0 heterocycles. The Balaban J connectivity index is 4.65. The number of rotatable bonds is 12. The normalized spacial score (nSPS) is 14.6. The maximum absolute atomic E-state index is 12.5. The van der Waals surface area contributed by atoms with E-state index in [0.717, 1.165) is 38.5 Å². The van der Waals surface area contributed by atoms with Gasteiger partial charge in [-0.25, -0.2) is 0 Å². The molecule has 3 nitrogen and oxygen atoms in total. The summed E-state index contributed by atoms with van der Waals surface area (Å²) in [6.07, 6.45) is 10.0. The van der Waals surface area contributed by atoms with E-state index < -0.39 is 5.60 Å². The van der Waals surface area contributed by atoms with Crippen molar-refractivity contribution in [2.24, 2.45) is 5.92 Å². The maximum Gasteiger partial charge on any atom is 0.312 e. The first-order valence-corrected chi connectivity index (χ1v) is 9.11. The van der Waals surface area contributed by atoms with E-state index in [0.29, 0.717) is 0 Å². The molecule has 0 aromatic carbocycles. The highest BCUT2D eigenvalue weighted by Crippen LogP contribution is 2.24. The first-order chi connectivity index (χ1) is 10.4. The second kappa shape index (κ2) is 11.9. The van der Waals surface area contributed by atoms with Gasteiger partial charge < -0.3 is 9.47 Å². The highest BCUT2D eigenvalue weighted by atomic mass is 16.6.